The minimum Gasteiger partial charge on any atom is -0.402 e. The lowest BCUT2D eigenvalue weighted by atomic mass is 10.1. The highest BCUT2D eigenvalue weighted by atomic mass is 19.1. The van der Waals surface area contributed by atoms with Crippen LogP contribution in [0.1, 0.15) is 13.3 Å². The standard InChI is InChI=1S/C26H30F2N6O.C2H2/c1-19(29)16-26(30-2)33(15-12-31-18-35)13-3-14-34-25(21-6-10-23(28)11-7-21)17-24(32-34)20-4-8-22(27)9-5-20;1-2/h4-11,16-18H,3,12-15,29H2,1-2H3,(H,31,35);1-2H/b19-16+,30-26?;. The molecule has 0 saturated heterocycles. The molecule has 2 aromatic carbocycles. The summed E-state index contributed by atoms with van der Waals surface area (Å²) in [4.78, 5) is 17.1. The molecule has 0 unspecified atom stereocenters. The van der Waals surface area contributed by atoms with Gasteiger partial charge in [-0.15, -0.1) is 12.8 Å². The SMILES string of the molecule is C#C.CN=C(/C=C(\C)N)N(CCCn1nc(-c2ccc(F)cc2)cc1-c1ccc(F)cc1)CCNC=O. The number of rotatable bonds is 11. The number of hydrogen-bond acceptors (Lipinski definition) is 4. The summed E-state index contributed by atoms with van der Waals surface area (Å²) < 4.78 is 28.8. The number of nitrogens with zero attached hydrogens (tertiary/aromatic N) is 4. The predicted octanol–water partition coefficient (Wildman–Crippen LogP) is 4.07. The van der Waals surface area contributed by atoms with Gasteiger partial charge in [0.1, 0.15) is 17.5 Å². The van der Waals surface area contributed by atoms with Gasteiger partial charge in [0.05, 0.1) is 11.4 Å². The van der Waals surface area contributed by atoms with Gasteiger partial charge in [-0.1, -0.05) is 0 Å². The van der Waals surface area contributed by atoms with Gasteiger partial charge in [-0.05, 0) is 74.0 Å². The molecule has 0 bridgehead atoms. The molecular weight excluding hydrogens is 474 g/mol. The van der Waals surface area contributed by atoms with Gasteiger partial charge in [0.15, 0.2) is 0 Å². The Morgan fingerprint density at radius 1 is 1.08 bits per heavy atom. The van der Waals surface area contributed by atoms with E-state index >= 15 is 0 Å². The number of aliphatic imine (C=N–C) groups is 1. The number of aromatic nitrogens is 2. The van der Waals surface area contributed by atoms with Gasteiger partial charge in [-0.2, -0.15) is 5.10 Å². The Morgan fingerprint density at radius 3 is 2.22 bits per heavy atom. The number of nitrogens with two attached hydrogens (primary N) is 1. The number of hydrogen-bond donors (Lipinski definition) is 2. The van der Waals surface area contributed by atoms with Gasteiger partial charge < -0.3 is 16.0 Å². The van der Waals surface area contributed by atoms with Gasteiger partial charge in [0.25, 0.3) is 0 Å². The molecule has 1 aromatic heterocycles. The van der Waals surface area contributed by atoms with Crippen LogP contribution in [-0.2, 0) is 11.3 Å². The minimum atomic E-state index is -0.314. The number of aryl methyl sites for hydroxylation is 1. The molecular formula is C28H32F2N6O. The number of carbonyl (C=O) groups excluding carboxylic acids is 1. The molecule has 0 aliphatic rings. The number of carbonyl (C=O) groups is 1. The van der Waals surface area contributed by atoms with E-state index in [9.17, 15) is 13.6 Å². The maximum absolute atomic E-state index is 13.5. The first-order valence-electron chi connectivity index (χ1n) is 11.7. The number of terminal acetylenes is 1. The number of allylic oxidation sites excluding steroid dienone is 1. The lowest BCUT2D eigenvalue weighted by molar-refractivity contribution is -0.109. The lowest BCUT2D eigenvalue weighted by Gasteiger charge is -2.24. The molecule has 37 heavy (non-hydrogen) atoms. The monoisotopic (exact) mass is 506 g/mol. The molecule has 0 spiro atoms. The van der Waals surface area contributed by atoms with Crippen molar-refractivity contribution >= 4 is 12.2 Å². The Kier molecular flexibility index (Phi) is 11.5. The number of benzene rings is 2. The largest absolute Gasteiger partial charge is 0.402 e. The first-order valence-corrected chi connectivity index (χ1v) is 11.7. The van der Waals surface area contributed by atoms with Crippen molar-refractivity contribution in [1.29, 1.82) is 0 Å². The zero-order chi connectivity index (χ0) is 27.2. The number of nitrogens with one attached hydrogen (secondary N) is 1. The zero-order valence-corrected chi connectivity index (χ0v) is 21.1. The maximum atomic E-state index is 13.5. The van der Waals surface area contributed by atoms with E-state index in [1.807, 2.05) is 10.7 Å². The highest BCUT2D eigenvalue weighted by Gasteiger charge is 2.14. The second kappa shape index (κ2) is 14.8. The number of amides is 1. The average Bonchev–Trinajstić information content (AvgIpc) is 3.32. The van der Waals surface area contributed by atoms with Crippen LogP contribution in [-0.4, -0.2) is 53.6 Å². The van der Waals surface area contributed by atoms with Crippen molar-refractivity contribution in [3.05, 3.63) is 78.0 Å². The summed E-state index contributed by atoms with van der Waals surface area (Å²) in [7, 11) is 1.70. The van der Waals surface area contributed by atoms with Gasteiger partial charge in [-0.25, -0.2) is 8.78 Å². The highest BCUT2D eigenvalue weighted by Crippen LogP contribution is 2.27. The van der Waals surface area contributed by atoms with E-state index in [1.165, 1.54) is 24.3 Å². The van der Waals surface area contributed by atoms with Crippen molar-refractivity contribution in [2.45, 2.75) is 19.9 Å². The van der Waals surface area contributed by atoms with Crippen LogP contribution in [0.3, 0.4) is 0 Å². The third-order valence-electron chi connectivity index (χ3n) is 5.38. The fraction of sp³-hybridized carbons (Fsp3) is 0.250. The third-order valence-corrected chi connectivity index (χ3v) is 5.38. The smallest absolute Gasteiger partial charge is 0.207 e. The van der Waals surface area contributed by atoms with Crippen LogP contribution in [0.2, 0.25) is 0 Å². The Bertz CT molecular complexity index is 1210. The molecule has 0 aliphatic heterocycles. The van der Waals surface area contributed by atoms with Gasteiger partial charge >= 0.3 is 0 Å². The van der Waals surface area contributed by atoms with E-state index < -0.39 is 0 Å². The zero-order valence-electron chi connectivity index (χ0n) is 21.1. The molecule has 0 aliphatic carbocycles. The van der Waals surface area contributed by atoms with Crippen molar-refractivity contribution in [3.8, 4) is 35.4 Å². The van der Waals surface area contributed by atoms with Crippen molar-refractivity contribution in [2.75, 3.05) is 26.7 Å². The van der Waals surface area contributed by atoms with Gasteiger partial charge in [0, 0.05) is 50.1 Å². The van der Waals surface area contributed by atoms with Crippen LogP contribution in [0.5, 0.6) is 0 Å². The maximum Gasteiger partial charge on any atom is 0.207 e. The number of amidine groups is 1. The third kappa shape index (κ3) is 8.61. The summed E-state index contributed by atoms with van der Waals surface area (Å²) in [5.74, 6) is 0.1000. The minimum absolute atomic E-state index is 0.312. The van der Waals surface area contributed by atoms with Gasteiger partial charge in [-0.3, -0.25) is 14.5 Å². The molecule has 1 heterocycles. The van der Waals surface area contributed by atoms with Crippen LogP contribution in [0.4, 0.5) is 8.78 Å². The van der Waals surface area contributed by atoms with E-state index in [0.717, 1.165) is 29.1 Å². The molecule has 7 nitrogen and oxygen atoms in total. The van der Waals surface area contributed by atoms with E-state index in [-0.39, 0.29) is 11.6 Å². The van der Waals surface area contributed by atoms with E-state index in [4.69, 9.17) is 10.8 Å². The summed E-state index contributed by atoms with van der Waals surface area (Å²) in [6.45, 7) is 4.05. The van der Waals surface area contributed by atoms with Crippen LogP contribution >= 0.6 is 0 Å². The summed E-state index contributed by atoms with van der Waals surface area (Å²) in [6, 6.07) is 14.3. The first kappa shape index (κ1) is 28.8. The Labute approximate surface area is 216 Å². The quantitative estimate of drug-likeness (QED) is 0.135. The fourth-order valence-corrected chi connectivity index (χ4v) is 3.71. The first-order chi connectivity index (χ1) is 17.9. The Balaban J connectivity index is 0.00000235. The summed E-state index contributed by atoms with van der Waals surface area (Å²) in [5, 5.41) is 7.43. The molecule has 3 rings (SSSR count). The van der Waals surface area contributed by atoms with E-state index in [2.05, 4.69) is 28.1 Å². The Hall–Kier alpha value is -4.45. The van der Waals surface area contributed by atoms with Crippen LogP contribution in [0.15, 0.2) is 71.4 Å². The molecule has 3 N–H and O–H groups in total. The van der Waals surface area contributed by atoms with Crippen molar-refractivity contribution in [3.63, 3.8) is 0 Å². The summed E-state index contributed by atoms with van der Waals surface area (Å²) in [6.07, 6.45) is 11.2. The molecule has 0 saturated carbocycles. The van der Waals surface area contributed by atoms with E-state index in [0.29, 0.717) is 44.0 Å². The normalized spacial score (nSPS) is 11.4. The molecule has 0 fully saturated rings. The van der Waals surface area contributed by atoms with Crippen molar-refractivity contribution in [2.24, 2.45) is 10.7 Å². The van der Waals surface area contributed by atoms with Crippen LogP contribution in [0, 0.1) is 24.5 Å². The average molecular weight is 507 g/mol. The van der Waals surface area contributed by atoms with E-state index in [1.54, 1.807) is 44.3 Å². The molecule has 1 amide bonds. The predicted molar refractivity (Wildman–Crippen MR) is 144 cm³/mol. The van der Waals surface area contributed by atoms with Crippen LogP contribution < -0.4 is 11.1 Å². The number of halogens is 2. The lowest BCUT2D eigenvalue weighted by Crippen LogP contribution is -2.37. The summed E-state index contributed by atoms with van der Waals surface area (Å²) in [5.41, 5.74) is 9.65. The molecule has 3 aromatic rings. The fourth-order valence-electron chi connectivity index (χ4n) is 3.71. The van der Waals surface area contributed by atoms with Crippen molar-refractivity contribution < 1.29 is 13.6 Å². The second-order valence-corrected chi connectivity index (χ2v) is 8.03. The molecule has 0 atom stereocenters. The topological polar surface area (TPSA) is 88.5 Å². The molecule has 9 heteroatoms. The van der Waals surface area contributed by atoms with Gasteiger partial charge in [0.2, 0.25) is 6.41 Å². The Morgan fingerprint density at radius 2 is 1.68 bits per heavy atom. The summed E-state index contributed by atoms with van der Waals surface area (Å²) >= 11 is 0. The van der Waals surface area contributed by atoms with Crippen molar-refractivity contribution in [1.82, 2.24) is 20.0 Å². The second-order valence-electron chi connectivity index (χ2n) is 8.03. The molecule has 0 radical (unpaired) electrons. The highest BCUT2D eigenvalue weighted by molar-refractivity contribution is 5.93. The molecule has 194 valence electrons. The van der Waals surface area contributed by atoms with Crippen LogP contribution in [0.25, 0.3) is 22.5 Å².